The third-order valence-corrected chi connectivity index (χ3v) is 2.84. The van der Waals surface area contributed by atoms with Crippen molar-refractivity contribution in [2.45, 2.75) is 19.4 Å². The summed E-state index contributed by atoms with van der Waals surface area (Å²) in [5.41, 5.74) is 7.69. The second-order valence-corrected chi connectivity index (χ2v) is 4.75. The predicted octanol–water partition coefficient (Wildman–Crippen LogP) is 2.52. The summed E-state index contributed by atoms with van der Waals surface area (Å²) in [6, 6.07) is 6.01. The Kier molecular flexibility index (Phi) is 2.12. The third kappa shape index (κ3) is 1.44. The number of benzene rings is 1. The lowest BCUT2D eigenvalue weighted by Crippen LogP contribution is -2.28. The van der Waals surface area contributed by atoms with Gasteiger partial charge in [-0.3, -0.25) is 5.10 Å². The maximum Gasteiger partial charge on any atom is 0.108 e. The van der Waals surface area contributed by atoms with Gasteiger partial charge >= 0.3 is 0 Å². The number of aromatic amines is 1. The molecule has 0 amide bonds. The van der Waals surface area contributed by atoms with Crippen molar-refractivity contribution >= 4 is 26.8 Å². The first-order chi connectivity index (χ1) is 6.50. The average molecular weight is 254 g/mol. The van der Waals surface area contributed by atoms with Gasteiger partial charge in [0.2, 0.25) is 0 Å². The number of nitrogens with one attached hydrogen (secondary N) is 1. The Balaban J connectivity index is 2.79. The molecule has 1 heterocycles. The molecule has 0 atom stereocenters. The molecule has 14 heavy (non-hydrogen) atoms. The first-order valence-corrected chi connectivity index (χ1v) is 5.21. The lowest BCUT2D eigenvalue weighted by atomic mass is 9.94. The van der Waals surface area contributed by atoms with E-state index in [1.807, 2.05) is 32.0 Å². The molecule has 0 spiro atoms. The number of halogens is 1. The molecule has 0 aliphatic heterocycles. The molecule has 2 aromatic rings. The molecule has 1 aromatic carbocycles. The number of nitrogens with two attached hydrogens (primary N) is 1. The van der Waals surface area contributed by atoms with E-state index < -0.39 is 0 Å². The van der Waals surface area contributed by atoms with Crippen LogP contribution in [0.4, 0.5) is 0 Å². The Hall–Kier alpha value is -0.870. The number of hydrogen-bond donors (Lipinski definition) is 2. The van der Waals surface area contributed by atoms with Crippen molar-refractivity contribution in [3.05, 3.63) is 28.4 Å². The van der Waals surface area contributed by atoms with E-state index in [9.17, 15) is 0 Å². The highest BCUT2D eigenvalue weighted by Crippen LogP contribution is 2.28. The van der Waals surface area contributed by atoms with Gasteiger partial charge in [0.25, 0.3) is 0 Å². The Labute approximate surface area is 90.8 Å². The van der Waals surface area contributed by atoms with Crippen molar-refractivity contribution in [1.29, 1.82) is 0 Å². The monoisotopic (exact) mass is 253 g/mol. The summed E-state index contributed by atoms with van der Waals surface area (Å²) < 4.78 is 0.901. The van der Waals surface area contributed by atoms with E-state index in [1.54, 1.807) is 0 Å². The number of fused-ring (bicyclic) bond motifs is 1. The van der Waals surface area contributed by atoms with E-state index in [0.717, 1.165) is 21.1 Å². The molecule has 3 nitrogen and oxygen atoms in total. The Bertz CT molecular complexity index is 468. The van der Waals surface area contributed by atoms with Crippen molar-refractivity contribution in [3.63, 3.8) is 0 Å². The molecule has 0 unspecified atom stereocenters. The van der Waals surface area contributed by atoms with Crippen LogP contribution in [0.15, 0.2) is 22.8 Å². The molecule has 0 aliphatic carbocycles. The van der Waals surface area contributed by atoms with Crippen LogP contribution in [-0.2, 0) is 5.54 Å². The molecule has 2 rings (SSSR count). The third-order valence-electron chi connectivity index (χ3n) is 2.23. The predicted molar refractivity (Wildman–Crippen MR) is 61.0 cm³/mol. The molecule has 74 valence electrons. The summed E-state index contributed by atoms with van der Waals surface area (Å²) in [5, 5.41) is 8.20. The van der Waals surface area contributed by atoms with Crippen LogP contribution in [-0.4, -0.2) is 10.2 Å². The summed E-state index contributed by atoms with van der Waals surface area (Å²) in [6.45, 7) is 3.95. The fourth-order valence-corrected chi connectivity index (χ4v) is 1.93. The molecule has 0 saturated carbocycles. The minimum absolute atomic E-state index is 0.367. The van der Waals surface area contributed by atoms with E-state index in [1.165, 1.54) is 0 Å². The number of nitrogens with zero attached hydrogens (tertiary/aromatic N) is 1. The Morgan fingerprint density at radius 1 is 1.43 bits per heavy atom. The normalized spacial score (nSPS) is 12.3. The number of hydrogen-bond acceptors (Lipinski definition) is 2. The molecule has 0 fully saturated rings. The summed E-state index contributed by atoms with van der Waals surface area (Å²) in [4.78, 5) is 0. The fraction of sp³-hybridized carbons (Fsp3) is 0.300. The van der Waals surface area contributed by atoms with Gasteiger partial charge in [-0.2, -0.15) is 5.10 Å². The standard InChI is InChI=1S/C10H12BrN3/c1-10(2,12)7-5-3-4-6-8(7)13-14-9(6)11/h3-5H,12H2,1-2H3,(H,13,14). The van der Waals surface area contributed by atoms with Crippen molar-refractivity contribution in [1.82, 2.24) is 10.2 Å². The first-order valence-electron chi connectivity index (χ1n) is 4.42. The van der Waals surface area contributed by atoms with Gasteiger partial charge in [-0.15, -0.1) is 0 Å². The lowest BCUT2D eigenvalue weighted by Gasteiger charge is -2.19. The zero-order valence-electron chi connectivity index (χ0n) is 8.13. The number of aromatic nitrogens is 2. The van der Waals surface area contributed by atoms with Crippen molar-refractivity contribution in [3.8, 4) is 0 Å². The Morgan fingerprint density at radius 3 is 2.79 bits per heavy atom. The maximum atomic E-state index is 6.06. The highest BCUT2D eigenvalue weighted by atomic mass is 79.9. The van der Waals surface area contributed by atoms with Gasteiger partial charge in [0.15, 0.2) is 0 Å². The minimum Gasteiger partial charge on any atom is -0.322 e. The fourth-order valence-electron chi connectivity index (χ4n) is 1.53. The minimum atomic E-state index is -0.367. The number of para-hydroxylation sites is 1. The molecule has 0 saturated heterocycles. The van der Waals surface area contributed by atoms with Crippen LogP contribution in [0.2, 0.25) is 0 Å². The molecule has 3 N–H and O–H groups in total. The van der Waals surface area contributed by atoms with Crippen LogP contribution >= 0.6 is 15.9 Å². The van der Waals surface area contributed by atoms with Gasteiger partial charge in [-0.1, -0.05) is 18.2 Å². The van der Waals surface area contributed by atoms with Crippen LogP contribution in [0.1, 0.15) is 19.4 Å². The zero-order chi connectivity index (χ0) is 10.3. The van der Waals surface area contributed by atoms with Crippen molar-refractivity contribution in [2.24, 2.45) is 5.73 Å². The van der Waals surface area contributed by atoms with Gasteiger partial charge in [-0.05, 0) is 35.3 Å². The Morgan fingerprint density at radius 2 is 2.14 bits per heavy atom. The van der Waals surface area contributed by atoms with Crippen LogP contribution < -0.4 is 5.73 Å². The van der Waals surface area contributed by atoms with Crippen LogP contribution in [0.25, 0.3) is 10.9 Å². The summed E-state index contributed by atoms with van der Waals surface area (Å²) in [5.74, 6) is 0. The zero-order valence-corrected chi connectivity index (χ0v) is 9.72. The molecular weight excluding hydrogens is 242 g/mol. The average Bonchev–Trinajstić information content (AvgIpc) is 2.46. The van der Waals surface area contributed by atoms with Gasteiger partial charge < -0.3 is 5.73 Å². The SMILES string of the molecule is CC(C)(N)c1cccc2c(Br)[nH]nc12. The first kappa shape index (κ1) is 9.68. The topological polar surface area (TPSA) is 54.7 Å². The van der Waals surface area contributed by atoms with Gasteiger partial charge in [0.1, 0.15) is 4.60 Å². The number of rotatable bonds is 1. The van der Waals surface area contributed by atoms with E-state index in [2.05, 4.69) is 26.1 Å². The summed E-state index contributed by atoms with van der Waals surface area (Å²) in [6.07, 6.45) is 0. The van der Waals surface area contributed by atoms with Crippen molar-refractivity contribution < 1.29 is 0 Å². The molecule has 4 heteroatoms. The lowest BCUT2D eigenvalue weighted by molar-refractivity contribution is 0.558. The van der Waals surface area contributed by atoms with Crippen molar-refractivity contribution in [2.75, 3.05) is 0 Å². The van der Waals surface area contributed by atoms with Gasteiger partial charge in [0.05, 0.1) is 5.52 Å². The van der Waals surface area contributed by atoms with E-state index in [0.29, 0.717) is 0 Å². The molecule has 0 aliphatic rings. The second kappa shape index (κ2) is 3.07. The van der Waals surface area contributed by atoms with Gasteiger partial charge in [0, 0.05) is 10.9 Å². The van der Waals surface area contributed by atoms with Crippen LogP contribution in [0.5, 0.6) is 0 Å². The second-order valence-electron chi connectivity index (χ2n) is 3.96. The van der Waals surface area contributed by atoms with Crippen LogP contribution in [0.3, 0.4) is 0 Å². The van der Waals surface area contributed by atoms with Gasteiger partial charge in [-0.25, -0.2) is 0 Å². The van der Waals surface area contributed by atoms with E-state index in [-0.39, 0.29) is 5.54 Å². The molecule has 0 bridgehead atoms. The highest BCUT2D eigenvalue weighted by Gasteiger charge is 2.19. The molecule has 0 radical (unpaired) electrons. The van der Waals surface area contributed by atoms with E-state index in [4.69, 9.17) is 5.73 Å². The van der Waals surface area contributed by atoms with E-state index >= 15 is 0 Å². The number of H-pyrrole nitrogens is 1. The summed E-state index contributed by atoms with van der Waals surface area (Å²) in [7, 11) is 0. The quantitative estimate of drug-likeness (QED) is 0.821. The maximum absolute atomic E-state index is 6.06. The van der Waals surface area contributed by atoms with Crippen LogP contribution in [0, 0.1) is 0 Å². The smallest absolute Gasteiger partial charge is 0.108 e. The highest BCUT2D eigenvalue weighted by molar-refractivity contribution is 9.10. The molecular formula is C10H12BrN3. The summed E-state index contributed by atoms with van der Waals surface area (Å²) >= 11 is 3.41. The molecule has 1 aromatic heterocycles. The largest absolute Gasteiger partial charge is 0.322 e.